The minimum atomic E-state index is 0.664. The molecule has 1 saturated carbocycles. The number of rotatable bonds is 4. The average molecular weight is 341 g/mol. The van der Waals surface area contributed by atoms with Gasteiger partial charge in [0.05, 0.1) is 6.42 Å². The van der Waals surface area contributed by atoms with Crippen LogP contribution in [-0.4, -0.2) is 52.3 Å². The third kappa shape index (κ3) is 4.18. The van der Waals surface area contributed by atoms with Gasteiger partial charge in [0, 0.05) is 44.6 Å². The Hall–Kier alpha value is -1.95. The molecule has 0 radical (unpaired) electrons. The van der Waals surface area contributed by atoms with Crippen LogP contribution in [0.5, 0.6) is 0 Å². The number of nitrogens with zero attached hydrogens (tertiary/aromatic N) is 5. The fourth-order valence-electron chi connectivity index (χ4n) is 4.06. The molecule has 1 aliphatic carbocycles. The first-order valence-corrected chi connectivity index (χ1v) is 9.59. The second kappa shape index (κ2) is 7.95. The number of aromatic nitrogens is 3. The summed E-state index contributed by atoms with van der Waals surface area (Å²) in [5.41, 5.74) is 1.14. The second-order valence-corrected chi connectivity index (χ2v) is 7.18. The van der Waals surface area contributed by atoms with Gasteiger partial charge in [-0.2, -0.15) is 0 Å². The van der Waals surface area contributed by atoms with Crippen molar-refractivity contribution in [2.75, 3.05) is 31.1 Å². The minimum Gasteiger partial charge on any atom is -0.408 e. The van der Waals surface area contributed by atoms with Gasteiger partial charge in [-0.05, 0) is 37.0 Å². The van der Waals surface area contributed by atoms with Gasteiger partial charge in [0.25, 0.3) is 0 Å². The Morgan fingerprint density at radius 3 is 2.60 bits per heavy atom. The van der Waals surface area contributed by atoms with Crippen LogP contribution in [0.1, 0.15) is 50.0 Å². The molecule has 0 bridgehead atoms. The highest BCUT2D eigenvalue weighted by molar-refractivity contribution is 5.25. The normalized spacial score (nSPS) is 20.6. The van der Waals surface area contributed by atoms with Crippen molar-refractivity contribution >= 4 is 6.01 Å². The van der Waals surface area contributed by atoms with Crippen molar-refractivity contribution in [3.63, 3.8) is 0 Å². The third-order valence-corrected chi connectivity index (χ3v) is 5.45. The zero-order valence-electron chi connectivity index (χ0n) is 14.8. The molecule has 6 nitrogen and oxygen atoms in total. The van der Waals surface area contributed by atoms with Crippen molar-refractivity contribution in [2.45, 2.75) is 51.0 Å². The van der Waals surface area contributed by atoms with E-state index in [-0.39, 0.29) is 0 Å². The lowest BCUT2D eigenvalue weighted by atomic mass is 9.94. The number of hydrogen-bond acceptors (Lipinski definition) is 6. The monoisotopic (exact) mass is 341 g/mol. The topological polar surface area (TPSA) is 58.3 Å². The van der Waals surface area contributed by atoms with Crippen molar-refractivity contribution in [1.29, 1.82) is 0 Å². The standard InChI is InChI=1S/C19H27N5O/c1-2-5-17(6-3-1)23-11-4-12-24(14-13-23)19-22-21-18(25-19)15-16-7-9-20-10-8-16/h7-10,17H,1-6,11-15H2. The Balaban J connectivity index is 1.36. The molecule has 4 rings (SSSR count). The third-order valence-electron chi connectivity index (χ3n) is 5.45. The highest BCUT2D eigenvalue weighted by atomic mass is 16.4. The van der Waals surface area contributed by atoms with Gasteiger partial charge in [0.15, 0.2) is 0 Å². The molecule has 2 fully saturated rings. The predicted molar refractivity (Wildman–Crippen MR) is 96.6 cm³/mol. The molecule has 2 aromatic rings. The van der Waals surface area contributed by atoms with Crippen molar-refractivity contribution in [1.82, 2.24) is 20.1 Å². The Labute approximate surface area is 149 Å². The molecule has 2 aromatic heterocycles. The van der Waals surface area contributed by atoms with Gasteiger partial charge in [-0.1, -0.05) is 24.4 Å². The smallest absolute Gasteiger partial charge is 0.318 e. The molecule has 25 heavy (non-hydrogen) atoms. The van der Waals surface area contributed by atoms with Crippen molar-refractivity contribution in [3.8, 4) is 0 Å². The maximum Gasteiger partial charge on any atom is 0.318 e. The SMILES string of the molecule is c1cc(Cc2nnc(N3CCCN(C4CCCCC4)CC3)o2)ccn1. The van der Waals surface area contributed by atoms with Crippen LogP contribution in [0.4, 0.5) is 6.01 Å². The number of hydrogen-bond donors (Lipinski definition) is 0. The number of anilines is 1. The fraction of sp³-hybridized carbons (Fsp3) is 0.632. The van der Waals surface area contributed by atoms with Gasteiger partial charge in [-0.15, -0.1) is 5.10 Å². The lowest BCUT2D eigenvalue weighted by molar-refractivity contribution is 0.166. The molecule has 0 N–H and O–H groups in total. The lowest BCUT2D eigenvalue weighted by Crippen LogP contribution is -2.39. The summed E-state index contributed by atoms with van der Waals surface area (Å²) in [4.78, 5) is 8.99. The van der Waals surface area contributed by atoms with E-state index in [4.69, 9.17) is 4.42 Å². The van der Waals surface area contributed by atoms with E-state index in [0.717, 1.165) is 31.2 Å². The molecular weight excluding hydrogens is 314 g/mol. The first kappa shape index (κ1) is 16.5. The van der Waals surface area contributed by atoms with Crippen molar-refractivity contribution < 1.29 is 4.42 Å². The maximum absolute atomic E-state index is 5.93. The minimum absolute atomic E-state index is 0.664. The largest absolute Gasteiger partial charge is 0.408 e. The van der Waals surface area contributed by atoms with E-state index in [9.17, 15) is 0 Å². The van der Waals surface area contributed by atoms with Crippen LogP contribution < -0.4 is 4.90 Å². The van der Waals surface area contributed by atoms with Crippen LogP contribution in [0, 0.1) is 0 Å². The summed E-state index contributed by atoms with van der Waals surface area (Å²) in [5, 5.41) is 8.52. The summed E-state index contributed by atoms with van der Waals surface area (Å²) in [6, 6.07) is 5.43. The van der Waals surface area contributed by atoms with E-state index in [1.54, 1.807) is 12.4 Å². The van der Waals surface area contributed by atoms with Gasteiger partial charge >= 0.3 is 6.01 Å². The Bertz CT molecular complexity index is 653. The first-order valence-electron chi connectivity index (χ1n) is 9.59. The average Bonchev–Trinajstić information content (AvgIpc) is 2.98. The zero-order chi connectivity index (χ0) is 16.9. The second-order valence-electron chi connectivity index (χ2n) is 7.18. The maximum atomic E-state index is 5.93. The molecule has 0 unspecified atom stereocenters. The van der Waals surface area contributed by atoms with E-state index >= 15 is 0 Å². The zero-order valence-corrected chi connectivity index (χ0v) is 14.8. The van der Waals surface area contributed by atoms with Gasteiger partial charge in [-0.3, -0.25) is 9.88 Å². The van der Waals surface area contributed by atoms with E-state index in [0.29, 0.717) is 18.3 Å². The van der Waals surface area contributed by atoms with Gasteiger partial charge in [0.2, 0.25) is 5.89 Å². The highest BCUT2D eigenvalue weighted by Crippen LogP contribution is 2.24. The van der Waals surface area contributed by atoms with Crippen LogP contribution in [0.25, 0.3) is 0 Å². The van der Waals surface area contributed by atoms with Crippen LogP contribution >= 0.6 is 0 Å². The molecule has 0 amide bonds. The highest BCUT2D eigenvalue weighted by Gasteiger charge is 2.25. The molecule has 1 aliphatic heterocycles. The van der Waals surface area contributed by atoms with Crippen LogP contribution in [0.2, 0.25) is 0 Å². The molecule has 2 aliphatic rings. The molecule has 1 saturated heterocycles. The van der Waals surface area contributed by atoms with Crippen LogP contribution in [0.15, 0.2) is 28.9 Å². The first-order chi connectivity index (χ1) is 12.4. The van der Waals surface area contributed by atoms with Crippen molar-refractivity contribution in [2.24, 2.45) is 0 Å². The Morgan fingerprint density at radius 2 is 1.76 bits per heavy atom. The summed E-state index contributed by atoms with van der Waals surface area (Å²) < 4.78 is 5.93. The molecule has 134 valence electrons. The van der Waals surface area contributed by atoms with E-state index in [1.165, 1.54) is 45.1 Å². The fourth-order valence-corrected chi connectivity index (χ4v) is 4.06. The van der Waals surface area contributed by atoms with Crippen molar-refractivity contribution in [3.05, 3.63) is 36.0 Å². The molecule has 0 atom stereocenters. The summed E-state index contributed by atoms with van der Waals surface area (Å²) in [5.74, 6) is 0.676. The molecule has 6 heteroatoms. The van der Waals surface area contributed by atoms with E-state index in [1.807, 2.05) is 12.1 Å². The van der Waals surface area contributed by atoms with Gasteiger partial charge in [0.1, 0.15) is 0 Å². The van der Waals surface area contributed by atoms with Gasteiger partial charge in [-0.25, -0.2) is 0 Å². The van der Waals surface area contributed by atoms with Crippen LogP contribution in [-0.2, 0) is 6.42 Å². The summed E-state index contributed by atoms with van der Waals surface area (Å²) in [7, 11) is 0. The van der Waals surface area contributed by atoms with E-state index < -0.39 is 0 Å². The van der Waals surface area contributed by atoms with Crippen LogP contribution in [0.3, 0.4) is 0 Å². The molecule has 3 heterocycles. The summed E-state index contributed by atoms with van der Waals surface area (Å²) >= 11 is 0. The van der Waals surface area contributed by atoms with Gasteiger partial charge < -0.3 is 9.32 Å². The number of pyridine rings is 1. The molecular formula is C19H27N5O. The predicted octanol–water partition coefficient (Wildman–Crippen LogP) is 2.90. The van der Waals surface area contributed by atoms with E-state index in [2.05, 4.69) is 25.0 Å². The Kier molecular flexibility index (Phi) is 5.25. The Morgan fingerprint density at radius 1 is 0.920 bits per heavy atom. The lowest BCUT2D eigenvalue weighted by Gasteiger charge is -2.33. The summed E-state index contributed by atoms with van der Waals surface area (Å²) in [6.07, 6.45) is 12.4. The molecule has 0 aromatic carbocycles. The molecule has 0 spiro atoms. The summed E-state index contributed by atoms with van der Waals surface area (Å²) in [6.45, 7) is 4.28. The quantitative estimate of drug-likeness (QED) is 0.852.